The van der Waals surface area contributed by atoms with Gasteiger partial charge in [-0.05, 0) is 0 Å². The minimum Gasteiger partial charge on any atom is -0.466 e. The summed E-state index contributed by atoms with van der Waals surface area (Å²) in [5.41, 5.74) is 0.597. The maximum absolute atomic E-state index is 11.3. The highest BCUT2D eigenvalue weighted by Gasteiger charge is 2.23. The number of carbonyl (C=O) groups excluding carboxylic acids is 2. The van der Waals surface area contributed by atoms with Gasteiger partial charge in [0.2, 0.25) is 6.10 Å². The third kappa shape index (κ3) is 3.09. The smallest absolute Gasteiger partial charge is 0.351 e. The maximum Gasteiger partial charge on any atom is 0.351 e. The molecule has 4 heteroatoms. The first-order valence-corrected chi connectivity index (χ1v) is 4.45. The molecule has 0 bridgehead atoms. The second-order valence-corrected chi connectivity index (χ2v) is 2.92. The van der Waals surface area contributed by atoms with Crippen molar-refractivity contribution in [1.29, 1.82) is 0 Å². The number of hydrogen-bond acceptors (Lipinski definition) is 4. The summed E-state index contributed by atoms with van der Waals surface area (Å²) in [6.45, 7) is 1.25. The van der Waals surface area contributed by atoms with Gasteiger partial charge in [0.25, 0.3) is 0 Å². The van der Waals surface area contributed by atoms with Crippen molar-refractivity contribution >= 4 is 11.9 Å². The highest BCUT2D eigenvalue weighted by atomic mass is 16.6. The summed E-state index contributed by atoms with van der Waals surface area (Å²) in [5.74, 6) is -1.11. The highest BCUT2D eigenvalue weighted by molar-refractivity contribution is 5.79. The van der Waals surface area contributed by atoms with Crippen LogP contribution in [0.3, 0.4) is 0 Å². The number of carbonyl (C=O) groups is 2. The van der Waals surface area contributed by atoms with Gasteiger partial charge in [0.15, 0.2) is 0 Å². The average molecular weight is 208 g/mol. The van der Waals surface area contributed by atoms with Crippen molar-refractivity contribution in [2.75, 3.05) is 7.11 Å². The maximum atomic E-state index is 11.3. The van der Waals surface area contributed by atoms with Gasteiger partial charge < -0.3 is 9.47 Å². The topological polar surface area (TPSA) is 52.6 Å². The number of rotatable bonds is 3. The zero-order valence-corrected chi connectivity index (χ0v) is 8.60. The molecule has 0 saturated heterocycles. The Morgan fingerprint density at radius 3 is 2.27 bits per heavy atom. The van der Waals surface area contributed by atoms with Crippen molar-refractivity contribution in [2.24, 2.45) is 0 Å². The van der Waals surface area contributed by atoms with Crippen LogP contribution in [0.15, 0.2) is 30.3 Å². The van der Waals surface area contributed by atoms with Gasteiger partial charge in [0.1, 0.15) is 0 Å². The van der Waals surface area contributed by atoms with Gasteiger partial charge in [-0.1, -0.05) is 30.3 Å². The fraction of sp³-hybridized carbons (Fsp3) is 0.273. The van der Waals surface area contributed by atoms with Gasteiger partial charge in [-0.25, -0.2) is 4.79 Å². The molecule has 1 atom stereocenters. The molecule has 0 unspecified atom stereocenters. The second kappa shape index (κ2) is 5.14. The van der Waals surface area contributed by atoms with Crippen LogP contribution in [0.4, 0.5) is 0 Å². The monoisotopic (exact) mass is 208 g/mol. The largest absolute Gasteiger partial charge is 0.466 e. The van der Waals surface area contributed by atoms with Gasteiger partial charge in [0.05, 0.1) is 7.11 Å². The van der Waals surface area contributed by atoms with Gasteiger partial charge in [-0.3, -0.25) is 4.79 Å². The lowest BCUT2D eigenvalue weighted by molar-refractivity contribution is -0.165. The molecule has 15 heavy (non-hydrogen) atoms. The van der Waals surface area contributed by atoms with E-state index in [2.05, 4.69) is 4.74 Å². The quantitative estimate of drug-likeness (QED) is 0.706. The Balaban J connectivity index is 2.91. The van der Waals surface area contributed by atoms with E-state index in [0.717, 1.165) is 0 Å². The Hall–Kier alpha value is -1.84. The van der Waals surface area contributed by atoms with Crippen molar-refractivity contribution in [3.63, 3.8) is 0 Å². The van der Waals surface area contributed by atoms with E-state index in [4.69, 9.17) is 4.74 Å². The molecule has 1 aromatic carbocycles. The minimum absolute atomic E-state index is 0.519. The van der Waals surface area contributed by atoms with Crippen LogP contribution >= 0.6 is 0 Å². The van der Waals surface area contributed by atoms with E-state index in [-0.39, 0.29) is 0 Å². The standard InChI is InChI=1S/C11H12O4/c1-8(12)15-10(11(13)14-2)9-6-4-3-5-7-9/h3-7,10H,1-2H3/t10-/m1/s1. The number of methoxy groups -OCH3 is 1. The fourth-order valence-corrected chi connectivity index (χ4v) is 1.15. The van der Waals surface area contributed by atoms with Crippen molar-refractivity contribution in [2.45, 2.75) is 13.0 Å². The van der Waals surface area contributed by atoms with Gasteiger partial charge in [-0.15, -0.1) is 0 Å². The molecule has 0 amide bonds. The molecule has 0 N–H and O–H groups in total. The van der Waals surface area contributed by atoms with Crippen molar-refractivity contribution in [3.8, 4) is 0 Å². The van der Waals surface area contributed by atoms with Crippen LogP contribution in [-0.2, 0) is 19.1 Å². The molecule has 1 rings (SSSR count). The first-order valence-electron chi connectivity index (χ1n) is 4.45. The summed E-state index contributed by atoms with van der Waals surface area (Å²) in [6, 6.07) is 8.73. The molecular weight excluding hydrogens is 196 g/mol. The van der Waals surface area contributed by atoms with Crippen molar-refractivity contribution in [3.05, 3.63) is 35.9 Å². The average Bonchev–Trinajstić information content (AvgIpc) is 2.26. The Bertz CT molecular complexity index is 345. The second-order valence-electron chi connectivity index (χ2n) is 2.92. The summed E-state index contributed by atoms with van der Waals surface area (Å²) in [5, 5.41) is 0. The summed E-state index contributed by atoms with van der Waals surface area (Å²) in [7, 11) is 1.25. The molecule has 80 valence electrons. The number of esters is 2. The molecule has 0 heterocycles. The normalized spacial score (nSPS) is 11.6. The molecule has 0 saturated carbocycles. The third-order valence-electron chi connectivity index (χ3n) is 1.80. The van der Waals surface area contributed by atoms with E-state index in [0.29, 0.717) is 5.56 Å². The van der Waals surface area contributed by atoms with E-state index in [1.807, 2.05) is 6.07 Å². The van der Waals surface area contributed by atoms with Crippen LogP contribution in [0.2, 0.25) is 0 Å². The molecule has 0 aliphatic heterocycles. The SMILES string of the molecule is COC(=O)[C@H](OC(C)=O)c1ccccc1. The van der Waals surface area contributed by atoms with Gasteiger partial charge in [0, 0.05) is 12.5 Å². The first kappa shape index (κ1) is 11.2. The van der Waals surface area contributed by atoms with E-state index in [1.165, 1.54) is 14.0 Å². The summed E-state index contributed by atoms with van der Waals surface area (Å²) < 4.78 is 9.43. The first-order chi connectivity index (χ1) is 7.15. The van der Waals surface area contributed by atoms with Crippen LogP contribution in [-0.4, -0.2) is 19.0 Å². The zero-order chi connectivity index (χ0) is 11.3. The lowest BCUT2D eigenvalue weighted by Gasteiger charge is -2.14. The predicted octanol–water partition coefficient (Wildman–Crippen LogP) is 1.46. The molecule has 1 aromatic rings. The summed E-state index contributed by atoms with van der Waals surface area (Å²) in [6.07, 6.45) is -0.978. The van der Waals surface area contributed by atoms with Crippen LogP contribution < -0.4 is 0 Å². The molecule has 0 spiro atoms. The van der Waals surface area contributed by atoms with Gasteiger partial charge >= 0.3 is 11.9 Å². The molecule has 0 fully saturated rings. The van der Waals surface area contributed by atoms with E-state index < -0.39 is 18.0 Å². The number of ether oxygens (including phenoxy) is 2. The Morgan fingerprint density at radius 1 is 1.20 bits per heavy atom. The van der Waals surface area contributed by atoms with Gasteiger partial charge in [-0.2, -0.15) is 0 Å². The fourth-order valence-electron chi connectivity index (χ4n) is 1.15. The highest BCUT2D eigenvalue weighted by Crippen LogP contribution is 2.18. The Kier molecular flexibility index (Phi) is 3.85. The van der Waals surface area contributed by atoms with Crippen LogP contribution in [0.1, 0.15) is 18.6 Å². The minimum atomic E-state index is -0.978. The molecule has 4 nitrogen and oxygen atoms in total. The summed E-state index contributed by atoms with van der Waals surface area (Å²) in [4.78, 5) is 22.2. The lowest BCUT2D eigenvalue weighted by atomic mass is 10.1. The zero-order valence-electron chi connectivity index (χ0n) is 8.60. The molecule has 0 aliphatic carbocycles. The van der Waals surface area contributed by atoms with E-state index in [1.54, 1.807) is 24.3 Å². The van der Waals surface area contributed by atoms with Crippen LogP contribution in [0, 0.1) is 0 Å². The van der Waals surface area contributed by atoms with Crippen molar-refractivity contribution in [1.82, 2.24) is 0 Å². The number of hydrogen-bond donors (Lipinski definition) is 0. The molecule has 0 aliphatic rings. The lowest BCUT2D eigenvalue weighted by Crippen LogP contribution is -2.19. The molecular formula is C11H12O4. The predicted molar refractivity (Wildman–Crippen MR) is 53.0 cm³/mol. The molecule has 0 aromatic heterocycles. The Labute approximate surface area is 87.8 Å². The van der Waals surface area contributed by atoms with Crippen molar-refractivity contribution < 1.29 is 19.1 Å². The Morgan fingerprint density at radius 2 is 1.80 bits per heavy atom. The third-order valence-corrected chi connectivity index (χ3v) is 1.80. The van der Waals surface area contributed by atoms with E-state index in [9.17, 15) is 9.59 Å². The summed E-state index contributed by atoms with van der Waals surface area (Å²) >= 11 is 0. The number of benzene rings is 1. The van der Waals surface area contributed by atoms with E-state index >= 15 is 0 Å². The van der Waals surface area contributed by atoms with Crippen LogP contribution in [0.25, 0.3) is 0 Å². The van der Waals surface area contributed by atoms with Crippen LogP contribution in [0.5, 0.6) is 0 Å². The molecule has 0 radical (unpaired) electrons.